The molecule has 10 N–H and O–H groups in total. The fourth-order valence-electron chi connectivity index (χ4n) is 19.6. The Bertz CT molecular complexity index is 2870. The number of alkyl carbamates (subject to hydrolysis) is 2. The lowest BCUT2D eigenvalue weighted by atomic mass is 9.79. The molecule has 608 valence electrons. The Morgan fingerprint density at radius 3 is 0.481 bits per heavy atom. The van der Waals surface area contributed by atoms with Gasteiger partial charge in [0, 0.05) is 60.4 Å². The van der Waals surface area contributed by atoms with Crippen molar-refractivity contribution in [2.24, 2.45) is 59.2 Å². The van der Waals surface area contributed by atoms with E-state index in [1.807, 2.05) is 41.5 Å². The Balaban J connectivity index is 0.000000249. The Morgan fingerprint density at radius 2 is 0.333 bits per heavy atom. The minimum absolute atomic E-state index is 0.111. The fourth-order valence-corrected chi connectivity index (χ4v) is 19.6. The van der Waals surface area contributed by atoms with E-state index in [1.165, 1.54) is 14.2 Å². The second-order valence-corrected chi connectivity index (χ2v) is 35.4. The van der Waals surface area contributed by atoms with E-state index in [0.29, 0.717) is 116 Å². The van der Waals surface area contributed by atoms with E-state index < -0.39 is 58.9 Å². The summed E-state index contributed by atoms with van der Waals surface area (Å²) in [6.45, 7) is 10.9. The topological polar surface area (TPSA) is 362 Å². The first-order chi connectivity index (χ1) is 51.7. The van der Waals surface area contributed by atoms with Gasteiger partial charge in [-0.05, 0) is 170 Å². The minimum Gasteiger partial charge on any atom is -0.469 e. The Kier molecular flexibility index (Phi) is 32.3. The van der Waals surface area contributed by atoms with Crippen LogP contribution < -0.4 is 53.2 Å². The van der Waals surface area contributed by atoms with Crippen LogP contribution in [-0.4, -0.2) is 157 Å². The number of hydrogen-bond acceptors (Lipinski definition) is 16. The molecule has 0 aliphatic heterocycles. The van der Waals surface area contributed by atoms with Crippen molar-refractivity contribution in [3.8, 4) is 0 Å². The molecule has 0 aromatic heterocycles. The number of carbonyl (C=O) groups is 12. The Hall–Kier alpha value is -6.76. The van der Waals surface area contributed by atoms with Gasteiger partial charge < -0.3 is 72.1 Å². The zero-order valence-corrected chi connectivity index (χ0v) is 66.4. The molecular weight excluding hydrogens is 1380 g/mol. The van der Waals surface area contributed by atoms with Crippen molar-refractivity contribution in [3.63, 3.8) is 0 Å². The summed E-state index contributed by atoms with van der Waals surface area (Å²) in [6, 6.07) is -3.11. The molecule has 0 aromatic carbocycles. The maximum Gasteiger partial charge on any atom is 0.407 e. The molecule has 0 unspecified atom stereocenters. The van der Waals surface area contributed by atoms with Gasteiger partial charge in [0.25, 0.3) is 0 Å². The Morgan fingerprint density at radius 1 is 0.204 bits per heavy atom. The molecule has 0 radical (unpaired) electrons. The van der Waals surface area contributed by atoms with Crippen LogP contribution in [0.3, 0.4) is 0 Å². The second-order valence-electron chi connectivity index (χ2n) is 35.4. The molecule has 0 spiro atoms. The monoisotopic (exact) mass is 1510 g/mol. The number of rotatable bonds is 20. The van der Waals surface area contributed by atoms with E-state index in [0.717, 1.165) is 141 Å². The van der Waals surface area contributed by atoms with Gasteiger partial charge in [-0.1, -0.05) is 128 Å². The van der Waals surface area contributed by atoms with Crippen LogP contribution in [0.4, 0.5) is 9.59 Å². The predicted octanol–water partition coefficient (Wildman–Crippen LogP) is 9.89. The van der Waals surface area contributed by atoms with Crippen molar-refractivity contribution in [1.82, 2.24) is 53.2 Å². The maximum absolute atomic E-state index is 14.0. The lowest BCUT2D eigenvalue weighted by molar-refractivity contribution is -0.149. The zero-order chi connectivity index (χ0) is 77.7. The molecule has 0 saturated heterocycles. The number of amides is 10. The third-order valence-corrected chi connectivity index (χ3v) is 25.4. The van der Waals surface area contributed by atoms with Gasteiger partial charge in [-0.3, -0.25) is 47.9 Å². The smallest absolute Gasteiger partial charge is 0.407 e. The highest BCUT2D eigenvalue weighted by atomic mass is 16.6. The first kappa shape index (κ1) is 85.2. The fraction of sp³-hybridized carbons (Fsp3) is 0.854. The first-order valence-corrected chi connectivity index (χ1v) is 42.3. The van der Waals surface area contributed by atoms with Gasteiger partial charge in [-0.2, -0.15) is 0 Å². The normalized spacial score (nSPS) is 33.3. The van der Waals surface area contributed by atoms with Crippen LogP contribution in [0.5, 0.6) is 0 Å². The third kappa shape index (κ3) is 24.6. The molecule has 10 saturated carbocycles. The van der Waals surface area contributed by atoms with Crippen LogP contribution >= 0.6 is 0 Å². The largest absolute Gasteiger partial charge is 0.469 e. The molecule has 0 heterocycles. The summed E-state index contributed by atoms with van der Waals surface area (Å²) in [7, 11) is 2.77. The SMILES string of the molecule is COC(=O)[C@@H]1CCCC[C@@H]1NC(=O)[C@H]1CCCC[C@H]1NC(=O)[C@@H]1CCCC[C@@H]1NC(=O)[C@H]1CCCC[C@H]1NC(=O)[C@@H]1CCCC[C@@H]1NC(=O)OC(C)(C)C.COC(=O)[C@@H]1CCCC[C@@H]1NC(=O)[C@H]1CCCC[C@H]1NC(=O)[C@@H]1CCCC[C@@H]1NC(=O)[C@H]1CCCC[C@H]1NC(=O)[C@@H]1CCCC[C@@H]1NC(=O)OC(C)(C)C. The van der Waals surface area contributed by atoms with Crippen molar-refractivity contribution in [1.29, 1.82) is 0 Å². The molecule has 10 aliphatic carbocycles. The van der Waals surface area contributed by atoms with Crippen LogP contribution in [0.1, 0.15) is 298 Å². The maximum atomic E-state index is 14.0. The van der Waals surface area contributed by atoms with Crippen LogP contribution in [-0.2, 0) is 66.9 Å². The number of methoxy groups -OCH3 is 2. The number of nitrogens with one attached hydrogen (secondary N) is 10. The molecular formula is C82H134N10O16. The molecule has 0 aromatic rings. The summed E-state index contributed by atoms with van der Waals surface area (Å²) in [5.41, 5.74) is -1.28. The summed E-state index contributed by atoms with van der Waals surface area (Å²) in [4.78, 5) is 161. The average molecular weight is 1520 g/mol. The minimum atomic E-state index is -0.640. The molecule has 108 heavy (non-hydrogen) atoms. The van der Waals surface area contributed by atoms with Crippen molar-refractivity contribution in [2.75, 3.05) is 14.2 Å². The van der Waals surface area contributed by atoms with Crippen molar-refractivity contribution in [2.45, 2.75) is 370 Å². The van der Waals surface area contributed by atoms with Gasteiger partial charge in [0.1, 0.15) is 11.2 Å². The zero-order valence-electron chi connectivity index (χ0n) is 66.4. The highest BCUT2D eigenvalue weighted by Gasteiger charge is 2.46. The quantitative estimate of drug-likeness (QED) is 0.0400. The van der Waals surface area contributed by atoms with Gasteiger partial charge in [0.15, 0.2) is 0 Å². The average Bonchev–Trinajstić information content (AvgIpc) is 0.822. The molecule has 10 rings (SSSR count). The van der Waals surface area contributed by atoms with Crippen LogP contribution in [0.25, 0.3) is 0 Å². The highest BCUT2D eigenvalue weighted by Crippen LogP contribution is 2.37. The van der Waals surface area contributed by atoms with Gasteiger partial charge >= 0.3 is 24.1 Å². The molecule has 26 heteroatoms. The number of esters is 2. The van der Waals surface area contributed by atoms with Crippen molar-refractivity contribution >= 4 is 71.4 Å². The standard InChI is InChI=1S/2C41H67N5O8/c2*1-41(2,3)54-40(52)46-33-23-13-8-18-28(33)38(50)44-31-21-11-6-16-26(31)36(48)42-30-20-10-5-15-25(30)35(47)43-32-22-12-7-17-27(32)37(49)45-34-24-14-9-19-29(34)39(51)53-4/h2*25-34H,5-24H2,1-4H3,(H,42,48)(H,43,47)(H,44,50)(H,45,49)(H,46,52)/t2*25-,26+,27+,28-,29-,30+,31-,32-,33+,34+/m11/s1. The highest BCUT2D eigenvalue weighted by molar-refractivity contribution is 5.88. The molecule has 20 atom stereocenters. The van der Waals surface area contributed by atoms with Crippen LogP contribution in [0.2, 0.25) is 0 Å². The third-order valence-electron chi connectivity index (χ3n) is 25.4. The molecule has 10 amide bonds. The van der Waals surface area contributed by atoms with Crippen LogP contribution in [0, 0.1) is 59.2 Å². The molecule has 0 bridgehead atoms. The lowest BCUT2D eigenvalue weighted by Crippen LogP contribution is -2.57. The Labute approximate surface area is 641 Å². The summed E-state index contributed by atoms with van der Waals surface area (Å²) in [6.07, 6.45) is 30.9. The van der Waals surface area contributed by atoms with Gasteiger partial charge in [0.2, 0.25) is 47.3 Å². The predicted molar refractivity (Wildman–Crippen MR) is 405 cm³/mol. The molecule has 10 fully saturated rings. The van der Waals surface area contributed by atoms with Crippen molar-refractivity contribution in [3.05, 3.63) is 0 Å². The van der Waals surface area contributed by atoms with Crippen molar-refractivity contribution < 1.29 is 76.5 Å². The van der Waals surface area contributed by atoms with Gasteiger partial charge in [-0.15, -0.1) is 0 Å². The molecule has 26 nitrogen and oxygen atoms in total. The van der Waals surface area contributed by atoms with E-state index in [9.17, 15) is 57.5 Å². The van der Waals surface area contributed by atoms with E-state index >= 15 is 0 Å². The molecule has 10 aliphatic rings. The lowest BCUT2D eigenvalue weighted by Gasteiger charge is -2.38. The van der Waals surface area contributed by atoms with Gasteiger partial charge in [-0.25, -0.2) is 9.59 Å². The number of hydrogen-bond donors (Lipinski definition) is 10. The summed E-state index contributed by atoms with van der Waals surface area (Å²) in [5.74, 6) is -5.44. The van der Waals surface area contributed by atoms with E-state index in [1.54, 1.807) is 0 Å². The summed E-state index contributed by atoms with van der Waals surface area (Å²) >= 11 is 0. The van der Waals surface area contributed by atoms with Crippen LogP contribution in [0.15, 0.2) is 0 Å². The van der Waals surface area contributed by atoms with Gasteiger partial charge in [0.05, 0.1) is 73.4 Å². The first-order valence-electron chi connectivity index (χ1n) is 42.3. The van der Waals surface area contributed by atoms with E-state index in [-0.39, 0.29) is 143 Å². The van der Waals surface area contributed by atoms with E-state index in [4.69, 9.17) is 18.9 Å². The summed E-state index contributed by atoms with van der Waals surface area (Å²) in [5, 5.41) is 31.6. The summed E-state index contributed by atoms with van der Waals surface area (Å²) < 4.78 is 21.0. The van der Waals surface area contributed by atoms with E-state index in [2.05, 4.69) is 53.2 Å². The number of carbonyl (C=O) groups excluding carboxylic acids is 12. The number of ether oxygens (including phenoxy) is 4. The second kappa shape index (κ2) is 41.0.